The third-order valence-corrected chi connectivity index (χ3v) is 5.23. The number of hydrogen-bond donors (Lipinski definition) is 0. The Balaban J connectivity index is 1.31. The van der Waals surface area contributed by atoms with Crippen molar-refractivity contribution in [1.29, 1.82) is 0 Å². The van der Waals surface area contributed by atoms with E-state index in [1.54, 1.807) is 12.4 Å². The molecule has 1 fully saturated rings. The van der Waals surface area contributed by atoms with Crippen molar-refractivity contribution in [2.24, 2.45) is 0 Å². The molecule has 1 aromatic carbocycles. The van der Waals surface area contributed by atoms with Crippen LogP contribution in [-0.2, 0) is 28.2 Å². The Hall–Kier alpha value is -3.12. The van der Waals surface area contributed by atoms with E-state index in [0.29, 0.717) is 31.9 Å². The summed E-state index contributed by atoms with van der Waals surface area (Å²) in [6.07, 6.45) is 5.66. The number of fused-ring (bicyclic) bond motifs is 2. The molecule has 2 aliphatic rings. The van der Waals surface area contributed by atoms with Crippen molar-refractivity contribution in [3.8, 4) is 11.4 Å². The first-order valence-corrected chi connectivity index (χ1v) is 8.96. The number of benzene rings is 1. The molecule has 2 aliphatic heterocycles. The van der Waals surface area contributed by atoms with Gasteiger partial charge < -0.3 is 9.64 Å². The van der Waals surface area contributed by atoms with Crippen molar-refractivity contribution in [3.05, 3.63) is 77.9 Å². The lowest BCUT2D eigenvalue weighted by molar-refractivity contribution is -0.168. The Bertz CT molecular complexity index is 986. The average molecular weight is 358 g/mol. The topological polar surface area (TPSA) is 68.2 Å². The number of nitrogens with zero attached hydrogens (tertiary/aromatic N) is 4. The lowest BCUT2D eigenvalue weighted by Gasteiger charge is -2.47. The van der Waals surface area contributed by atoms with Gasteiger partial charge in [-0.3, -0.25) is 9.78 Å². The molecule has 0 saturated carbocycles. The highest BCUT2D eigenvalue weighted by atomic mass is 16.5. The fourth-order valence-corrected chi connectivity index (χ4v) is 3.71. The van der Waals surface area contributed by atoms with Crippen LogP contribution in [0.3, 0.4) is 0 Å². The summed E-state index contributed by atoms with van der Waals surface area (Å²) in [6.45, 7) is 1.57. The molecule has 2 aromatic heterocycles. The van der Waals surface area contributed by atoms with Crippen LogP contribution in [0.1, 0.15) is 16.8 Å². The summed E-state index contributed by atoms with van der Waals surface area (Å²) in [5.41, 5.74) is 3.45. The van der Waals surface area contributed by atoms with E-state index >= 15 is 0 Å². The van der Waals surface area contributed by atoms with Crippen LogP contribution in [0, 0.1) is 0 Å². The number of carbonyl (C=O) groups is 1. The van der Waals surface area contributed by atoms with Crippen molar-refractivity contribution < 1.29 is 9.53 Å². The van der Waals surface area contributed by atoms with Crippen LogP contribution in [0.2, 0.25) is 0 Å². The molecule has 0 atom stereocenters. The van der Waals surface area contributed by atoms with Crippen molar-refractivity contribution >= 4 is 5.91 Å². The van der Waals surface area contributed by atoms with E-state index in [9.17, 15) is 4.79 Å². The quantitative estimate of drug-likeness (QED) is 0.719. The highest BCUT2D eigenvalue weighted by Crippen LogP contribution is 2.43. The van der Waals surface area contributed by atoms with Gasteiger partial charge in [-0.05, 0) is 17.7 Å². The average Bonchev–Trinajstić information content (AvgIpc) is 3.07. The molecule has 1 spiro atoms. The molecular formula is C21H18N4O2. The molecule has 0 N–H and O–H groups in total. The molecule has 0 unspecified atom stereocenters. The van der Waals surface area contributed by atoms with E-state index < -0.39 is 5.60 Å². The minimum Gasteiger partial charge on any atom is -0.360 e. The van der Waals surface area contributed by atoms with Gasteiger partial charge in [-0.25, -0.2) is 9.97 Å². The number of rotatable bonds is 3. The van der Waals surface area contributed by atoms with Gasteiger partial charge in [0.05, 0.1) is 31.8 Å². The third-order valence-electron chi connectivity index (χ3n) is 5.23. The van der Waals surface area contributed by atoms with Gasteiger partial charge in [0, 0.05) is 29.7 Å². The van der Waals surface area contributed by atoms with Crippen molar-refractivity contribution in [1.82, 2.24) is 19.9 Å². The van der Waals surface area contributed by atoms with E-state index in [1.165, 1.54) is 0 Å². The van der Waals surface area contributed by atoms with E-state index in [4.69, 9.17) is 9.72 Å². The Morgan fingerprint density at radius 3 is 2.67 bits per heavy atom. The zero-order valence-corrected chi connectivity index (χ0v) is 14.7. The van der Waals surface area contributed by atoms with Crippen LogP contribution in [0.4, 0.5) is 0 Å². The molecule has 27 heavy (non-hydrogen) atoms. The van der Waals surface area contributed by atoms with Crippen LogP contribution >= 0.6 is 0 Å². The third kappa shape index (κ3) is 2.78. The summed E-state index contributed by atoms with van der Waals surface area (Å²) in [5, 5.41) is 0. The summed E-state index contributed by atoms with van der Waals surface area (Å²) in [7, 11) is 0. The summed E-state index contributed by atoms with van der Waals surface area (Å²) >= 11 is 0. The number of pyridine rings is 1. The number of ether oxygens (including phenoxy) is 1. The second-order valence-corrected chi connectivity index (χ2v) is 6.99. The highest BCUT2D eigenvalue weighted by molar-refractivity contribution is 5.80. The maximum absolute atomic E-state index is 12.5. The molecule has 5 rings (SSSR count). The van der Waals surface area contributed by atoms with E-state index in [1.807, 2.05) is 53.6 Å². The molecule has 134 valence electrons. The molecule has 1 amide bonds. The first kappa shape index (κ1) is 16.1. The second-order valence-electron chi connectivity index (χ2n) is 6.99. The first-order valence-electron chi connectivity index (χ1n) is 8.96. The van der Waals surface area contributed by atoms with E-state index in [-0.39, 0.29) is 5.91 Å². The van der Waals surface area contributed by atoms with Crippen molar-refractivity contribution in [3.63, 3.8) is 0 Å². The monoisotopic (exact) mass is 358 g/mol. The lowest BCUT2D eigenvalue weighted by atomic mass is 9.87. The smallest absolute Gasteiger partial charge is 0.227 e. The van der Waals surface area contributed by atoms with Crippen molar-refractivity contribution in [2.75, 3.05) is 13.1 Å². The van der Waals surface area contributed by atoms with E-state index in [0.717, 1.165) is 22.4 Å². The highest BCUT2D eigenvalue weighted by Gasteiger charge is 2.52. The minimum atomic E-state index is -0.446. The summed E-state index contributed by atoms with van der Waals surface area (Å²) in [4.78, 5) is 27.5. The molecule has 0 bridgehead atoms. The summed E-state index contributed by atoms with van der Waals surface area (Å²) in [6, 6.07) is 13.7. The predicted octanol–water partition coefficient (Wildman–Crippen LogP) is 2.35. The number of hydrogen-bond acceptors (Lipinski definition) is 5. The fraction of sp³-hybridized carbons (Fsp3) is 0.238. The van der Waals surface area contributed by atoms with Gasteiger partial charge in [-0.2, -0.15) is 0 Å². The Morgan fingerprint density at radius 2 is 1.89 bits per heavy atom. The minimum absolute atomic E-state index is 0.102. The number of carbonyl (C=O) groups excluding carboxylic acids is 1. The molecule has 4 heterocycles. The maximum Gasteiger partial charge on any atom is 0.227 e. The summed E-state index contributed by atoms with van der Waals surface area (Å²) < 4.78 is 6.06. The van der Waals surface area contributed by atoms with Gasteiger partial charge in [-0.15, -0.1) is 0 Å². The van der Waals surface area contributed by atoms with Gasteiger partial charge in [0.15, 0.2) is 5.82 Å². The van der Waals surface area contributed by atoms with Gasteiger partial charge in [-0.1, -0.05) is 30.3 Å². The second kappa shape index (κ2) is 6.25. The Kier molecular flexibility index (Phi) is 3.72. The molecule has 6 nitrogen and oxygen atoms in total. The zero-order chi connectivity index (χ0) is 18.3. The molecule has 6 heteroatoms. The number of likely N-dealkylation sites (tertiary alicyclic amines) is 1. The first-order chi connectivity index (χ1) is 13.2. The lowest BCUT2D eigenvalue weighted by Crippen LogP contribution is -2.61. The SMILES string of the molecule is O=C(Cc1ccncc1)N1CC2(C1)OCc1nc(-c3ccccc3)ncc12. The predicted molar refractivity (Wildman–Crippen MR) is 98.5 cm³/mol. The Labute approximate surface area is 156 Å². The Morgan fingerprint density at radius 1 is 1.11 bits per heavy atom. The van der Waals surface area contributed by atoms with Gasteiger partial charge in [0.2, 0.25) is 5.91 Å². The fourth-order valence-electron chi connectivity index (χ4n) is 3.71. The number of amides is 1. The molecule has 0 radical (unpaired) electrons. The van der Waals surface area contributed by atoms with Crippen LogP contribution in [-0.4, -0.2) is 38.8 Å². The van der Waals surface area contributed by atoms with Crippen molar-refractivity contribution in [2.45, 2.75) is 18.6 Å². The maximum atomic E-state index is 12.5. The van der Waals surface area contributed by atoms with Gasteiger partial charge in [0.1, 0.15) is 5.60 Å². The standard InChI is InChI=1S/C21H18N4O2/c26-19(10-15-6-8-22-9-7-15)25-13-21(14-25)17-11-23-20(24-18(17)12-27-21)16-4-2-1-3-5-16/h1-9,11H,10,12-14H2. The van der Waals surface area contributed by atoms with Crippen LogP contribution in [0.25, 0.3) is 11.4 Å². The van der Waals surface area contributed by atoms with Gasteiger partial charge in [0.25, 0.3) is 0 Å². The molecule has 1 saturated heterocycles. The van der Waals surface area contributed by atoms with Gasteiger partial charge >= 0.3 is 0 Å². The summed E-state index contributed by atoms with van der Waals surface area (Å²) in [5.74, 6) is 0.811. The zero-order valence-electron chi connectivity index (χ0n) is 14.7. The molecular weight excluding hydrogens is 340 g/mol. The van der Waals surface area contributed by atoms with Crippen LogP contribution in [0.15, 0.2) is 61.1 Å². The normalized spacial score (nSPS) is 16.8. The number of aromatic nitrogens is 3. The largest absolute Gasteiger partial charge is 0.360 e. The van der Waals surface area contributed by atoms with E-state index in [2.05, 4.69) is 9.97 Å². The molecule has 3 aromatic rings. The van der Waals surface area contributed by atoms with Crippen LogP contribution in [0.5, 0.6) is 0 Å². The van der Waals surface area contributed by atoms with Crippen LogP contribution < -0.4 is 0 Å². The molecule has 0 aliphatic carbocycles.